The number of hydrogen-bond acceptors (Lipinski definition) is 1. The van der Waals surface area contributed by atoms with Crippen LogP contribution >= 0.6 is 7.26 Å². The maximum atomic E-state index is 14.9. The number of nitrogens with two attached hydrogens (primary N) is 1. The molecule has 1 amide bonds. The third-order valence-corrected chi connectivity index (χ3v) is 9.68. The molecule has 0 saturated heterocycles. The van der Waals surface area contributed by atoms with Crippen LogP contribution in [0.25, 0.3) is 11.1 Å². The Morgan fingerprint density at radius 1 is 0.710 bits per heavy atom. The Morgan fingerprint density at radius 2 is 1.26 bits per heavy atom. The normalized spacial score (nSPS) is 11.3. The Morgan fingerprint density at radius 3 is 1.81 bits per heavy atom. The summed E-state index contributed by atoms with van der Waals surface area (Å²) in [7, 11) is -2.58. The highest BCUT2D eigenvalue weighted by atomic mass is 31.2. The summed E-state index contributed by atoms with van der Waals surface area (Å²) in [5.41, 5.74) is 6.71. The molecule has 0 unspecified atom stereocenters. The van der Waals surface area contributed by atoms with E-state index in [-0.39, 0.29) is 11.7 Å². The van der Waals surface area contributed by atoms with Crippen LogP contribution in [0.5, 0.6) is 0 Å². The van der Waals surface area contributed by atoms with Crippen LogP contribution in [0.1, 0.15) is 0 Å². The van der Waals surface area contributed by atoms with E-state index in [0.29, 0.717) is 5.56 Å². The van der Waals surface area contributed by atoms with Gasteiger partial charge in [-0.05, 0) is 42.5 Å². The molecule has 0 heterocycles. The third kappa shape index (κ3) is 3.99. The van der Waals surface area contributed by atoms with Gasteiger partial charge in [0.15, 0.2) is 6.16 Å². The van der Waals surface area contributed by atoms with Crippen LogP contribution in [-0.2, 0) is 4.79 Å². The first-order chi connectivity index (χ1) is 15.0. The summed E-state index contributed by atoms with van der Waals surface area (Å²) >= 11 is 0. The van der Waals surface area contributed by atoms with Crippen molar-refractivity contribution < 1.29 is 13.6 Å². The van der Waals surface area contributed by atoms with Crippen LogP contribution in [0.3, 0.4) is 0 Å². The topological polar surface area (TPSA) is 43.1 Å². The lowest BCUT2D eigenvalue weighted by atomic mass is 10.1. The smallest absolute Gasteiger partial charge is 0.256 e. The number of amides is 1. The molecule has 4 aromatic carbocycles. The predicted octanol–water partition coefficient (Wildman–Crippen LogP) is 4.41. The van der Waals surface area contributed by atoms with Crippen molar-refractivity contribution in [2.24, 2.45) is 5.73 Å². The summed E-state index contributed by atoms with van der Waals surface area (Å²) < 4.78 is 28.5. The van der Waals surface area contributed by atoms with Crippen molar-refractivity contribution in [1.29, 1.82) is 0 Å². The summed E-state index contributed by atoms with van der Waals surface area (Å²) in [5.74, 6) is -1.72. The molecule has 2 N–H and O–H groups in total. The van der Waals surface area contributed by atoms with E-state index in [2.05, 4.69) is 0 Å². The molecule has 2 nitrogen and oxygen atoms in total. The molecule has 154 valence electrons. The van der Waals surface area contributed by atoms with Gasteiger partial charge in [-0.1, -0.05) is 54.6 Å². The van der Waals surface area contributed by atoms with Crippen molar-refractivity contribution in [1.82, 2.24) is 0 Å². The van der Waals surface area contributed by atoms with Crippen LogP contribution in [0.4, 0.5) is 8.78 Å². The highest BCUT2D eigenvalue weighted by Crippen LogP contribution is 2.56. The fourth-order valence-electron chi connectivity index (χ4n) is 4.04. The van der Waals surface area contributed by atoms with Gasteiger partial charge in [0, 0.05) is 17.2 Å². The molecule has 31 heavy (non-hydrogen) atoms. The molecule has 0 atom stereocenters. The molecule has 4 aromatic rings. The van der Waals surface area contributed by atoms with E-state index < -0.39 is 24.8 Å². The Hall–Kier alpha value is -3.36. The van der Waals surface area contributed by atoms with E-state index in [1.165, 1.54) is 12.1 Å². The van der Waals surface area contributed by atoms with Gasteiger partial charge in [-0.25, -0.2) is 8.78 Å². The fraction of sp³-hybridized carbons (Fsp3) is 0.0385. The highest BCUT2D eigenvalue weighted by Gasteiger charge is 2.48. The lowest BCUT2D eigenvalue weighted by Crippen LogP contribution is -2.38. The standard InChI is InChI=1S/C26H20F2NOP/c27-19-15-16-22(24(28)17-19)23-13-7-8-14-25(23)31(18-26(29)30,20-9-3-1-4-10-20)21-11-5-2-6-12-21/h1-17H,18H2,(H-,29,30)/p+1. The number of benzene rings is 4. The van der Waals surface area contributed by atoms with E-state index in [9.17, 15) is 13.6 Å². The second-order valence-electron chi connectivity index (χ2n) is 7.25. The van der Waals surface area contributed by atoms with Gasteiger partial charge in [-0.15, -0.1) is 0 Å². The number of rotatable bonds is 6. The van der Waals surface area contributed by atoms with E-state index in [4.69, 9.17) is 5.73 Å². The molecular formula is C26H21F2NOP+. The van der Waals surface area contributed by atoms with Crippen LogP contribution in [0.15, 0.2) is 103 Å². The zero-order chi connectivity index (χ0) is 21.8. The average Bonchev–Trinajstić information content (AvgIpc) is 2.79. The molecule has 0 aromatic heterocycles. The average molecular weight is 432 g/mol. The second kappa shape index (κ2) is 8.79. The van der Waals surface area contributed by atoms with Crippen molar-refractivity contribution in [2.75, 3.05) is 6.16 Å². The molecule has 0 aliphatic carbocycles. The van der Waals surface area contributed by atoms with Crippen LogP contribution in [0, 0.1) is 11.6 Å². The van der Waals surface area contributed by atoms with Gasteiger partial charge < -0.3 is 5.73 Å². The van der Waals surface area contributed by atoms with Crippen molar-refractivity contribution in [3.05, 3.63) is 115 Å². The molecule has 0 bridgehead atoms. The summed E-state index contributed by atoms with van der Waals surface area (Å²) in [6.07, 6.45) is 0.0981. The SMILES string of the molecule is NC(=O)C[P+](c1ccccc1)(c1ccccc1)c1ccccc1-c1ccc(F)cc1F. The van der Waals surface area contributed by atoms with E-state index in [1.54, 1.807) is 0 Å². The highest BCUT2D eigenvalue weighted by molar-refractivity contribution is 7.96. The van der Waals surface area contributed by atoms with Gasteiger partial charge >= 0.3 is 0 Å². The zero-order valence-electron chi connectivity index (χ0n) is 16.7. The summed E-state index contributed by atoms with van der Waals surface area (Å²) in [4.78, 5) is 12.4. The van der Waals surface area contributed by atoms with Crippen LogP contribution in [-0.4, -0.2) is 12.1 Å². The zero-order valence-corrected chi connectivity index (χ0v) is 17.6. The van der Waals surface area contributed by atoms with Gasteiger partial charge in [0.25, 0.3) is 5.91 Å². The summed E-state index contributed by atoms with van der Waals surface area (Å²) in [6.45, 7) is 0. The number of primary amides is 1. The van der Waals surface area contributed by atoms with Crippen LogP contribution < -0.4 is 21.6 Å². The fourth-order valence-corrected chi connectivity index (χ4v) is 8.20. The minimum absolute atomic E-state index is 0.0981. The van der Waals surface area contributed by atoms with E-state index in [0.717, 1.165) is 22.0 Å². The Bertz CT molecular complexity index is 1170. The molecule has 4 rings (SSSR count). The number of carbonyl (C=O) groups is 1. The number of halogens is 2. The first-order valence-corrected chi connectivity index (χ1v) is 11.8. The number of carbonyl (C=O) groups excluding carboxylic acids is 1. The summed E-state index contributed by atoms with van der Waals surface area (Å²) in [6, 6.07) is 30.5. The molecular weight excluding hydrogens is 411 g/mol. The van der Waals surface area contributed by atoms with Crippen molar-refractivity contribution >= 4 is 29.1 Å². The third-order valence-electron chi connectivity index (χ3n) is 5.32. The lowest BCUT2D eigenvalue weighted by Gasteiger charge is -2.28. The molecule has 0 spiro atoms. The second-order valence-corrected chi connectivity index (χ2v) is 10.7. The van der Waals surface area contributed by atoms with Crippen molar-refractivity contribution in [3.8, 4) is 11.1 Å². The maximum absolute atomic E-state index is 14.9. The lowest BCUT2D eigenvalue weighted by molar-refractivity contribution is -0.115. The molecule has 0 aliphatic rings. The van der Waals surface area contributed by atoms with E-state index >= 15 is 0 Å². The van der Waals surface area contributed by atoms with Gasteiger partial charge in [0.05, 0.1) is 0 Å². The van der Waals surface area contributed by atoms with Gasteiger partial charge in [0.2, 0.25) is 0 Å². The molecule has 5 heteroatoms. The van der Waals surface area contributed by atoms with Crippen LogP contribution in [0.2, 0.25) is 0 Å². The molecule has 0 saturated carbocycles. The number of hydrogen-bond donors (Lipinski definition) is 1. The first-order valence-electron chi connectivity index (χ1n) is 9.85. The van der Waals surface area contributed by atoms with Gasteiger partial charge in [-0.2, -0.15) is 0 Å². The quantitative estimate of drug-likeness (QED) is 0.451. The Labute approximate surface area is 180 Å². The van der Waals surface area contributed by atoms with E-state index in [1.807, 2.05) is 84.9 Å². The summed E-state index contributed by atoms with van der Waals surface area (Å²) in [5, 5.41) is 2.77. The Kier molecular flexibility index (Phi) is 5.92. The van der Waals surface area contributed by atoms with Gasteiger partial charge in [-0.3, -0.25) is 4.79 Å². The molecule has 0 fully saturated rings. The minimum Gasteiger partial charge on any atom is -0.366 e. The monoisotopic (exact) mass is 432 g/mol. The molecule has 0 aliphatic heterocycles. The first kappa shape index (κ1) is 20.9. The largest absolute Gasteiger partial charge is 0.366 e. The maximum Gasteiger partial charge on any atom is 0.256 e. The Balaban J connectivity index is 2.10. The van der Waals surface area contributed by atoms with Crippen molar-refractivity contribution in [3.63, 3.8) is 0 Å². The van der Waals surface area contributed by atoms with Gasteiger partial charge in [0.1, 0.15) is 34.8 Å². The predicted molar refractivity (Wildman–Crippen MR) is 125 cm³/mol. The van der Waals surface area contributed by atoms with Crippen molar-refractivity contribution in [2.45, 2.75) is 0 Å². The molecule has 0 radical (unpaired) electrons. The minimum atomic E-state index is -2.58.